The van der Waals surface area contributed by atoms with E-state index in [4.69, 9.17) is 11.6 Å². The summed E-state index contributed by atoms with van der Waals surface area (Å²) in [7, 11) is 0. The molecule has 1 unspecified atom stereocenters. The molecule has 0 aliphatic heterocycles. The van der Waals surface area contributed by atoms with E-state index in [1.807, 2.05) is 39.8 Å². The van der Waals surface area contributed by atoms with E-state index in [-0.39, 0.29) is 18.4 Å². The molecule has 30 heavy (non-hydrogen) atoms. The average Bonchev–Trinajstić information content (AvgIpc) is 3.16. The highest BCUT2D eigenvalue weighted by atomic mass is 35.5. The average molecular weight is 429 g/mol. The Morgan fingerprint density at radius 3 is 2.23 bits per heavy atom. The molecular formula is C21H25ClN6O2. The number of anilines is 2. The second kappa shape index (κ2) is 8.71. The van der Waals surface area contributed by atoms with Crippen LogP contribution in [0.25, 0.3) is 0 Å². The van der Waals surface area contributed by atoms with Gasteiger partial charge in [0.25, 0.3) is 0 Å². The number of nitrogens with zero attached hydrogens (tertiary/aromatic N) is 4. The summed E-state index contributed by atoms with van der Waals surface area (Å²) in [5, 5.41) is 14.6. The van der Waals surface area contributed by atoms with Crippen LogP contribution < -0.4 is 10.6 Å². The molecule has 1 aromatic carbocycles. The lowest BCUT2D eigenvalue weighted by Gasteiger charge is -2.16. The third-order valence-corrected chi connectivity index (χ3v) is 5.01. The quantitative estimate of drug-likeness (QED) is 0.624. The molecule has 0 aliphatic carbocycles. The molecule has 158 valence electrons. The first-order valence-electron chi connectivity index (χ1n) is 9.58. The number of benzene rings is 1. The molecule has 8 nitrogen and oxygen atoms in total. The van der Waals surface area contributed by atoms with Crippen LogP contribution in [-0.4, -0.2) is 31.4 Å². The molecule has 2 N–H and O–H groups in total. The van der Waals surface area contributed by atoms with E-state index in [0.717, 1.165) is 22.8 Å². The molecule has 0 aliphatic rings. The van der Waals surface area contributed by atoms with Crippen molar-refractivity contribution in [3.63, 3.8) is 0 Å². The minimum absolute atomic E-state index is 0.107. The fourth-order valence-corrected chi connectivity index (χ4v) is 3.48. The standard InChI is InChI=1S/C21H25ClN6O2/c1-12-8-14(3)27(25-12)11-20(29)23-17-6-7-19(18(22)10-17)24-21(30)16(5)28-15(4)9-13(2)26-28/h6-10,16H,11H2,1-5H3,(H,23,29)(H,24,30). The van der Waals surface area contributed by atoms with Crippen LogP contribution in [0.15, 0.2) is 30.3 Å². The van der Waals surface area contributed by atoms with E-state index < -0.39 is 6.04 Å². The van der Waals surface area contributed by atoms with Gasteiger partial charge in [0.1, 0.15) is 12.6 Å². The van der Waals surface area contributed by atoms with Crippen molar-refractivity contribution in [1.29, 1.82) is 0 Å². The van der Waals surface area contributed by atoms with E-state index >= 15 is 0 Å². The number of hydrogen-bond donors (Lipinski definition) is 2. The Labute approximate surface area is 180 Å². The number of hydrogen-bond acceptors (Lipinski definition) is 4. The Morgan fingerprint density at radius 2 is 1.67 bits per heavy atom. The molecule has 9 heteroatoms. The summed E-state index contributed by atoms with van der Waals surface area (Å²) >= 11 is 6.33. The predicted octanol–water partition coefficient (Wildman–Crippen LogP) is 3.81. The molecule has 0 saturated heterocycles. The van der Waals surface area contributed by atoms with Crippen LogP contribution in [0.5, 0.6) is 0 Å². The maximum atomic E-state index is 12.6. The third kappa shape index (κ3) is 4.88. The van der Waals surface area contributed by atoms with Crippen molar-refractivity contribution in [2.45, 2.75) is 47.2 Å². The molecule has 0 bridgehead atoms. The van der Waals surface area contributed by atoms with Gasteiger partial charge < -0.3 is 10.6 Å². The van der Waals surface area contributed by atoms with Crippen molar-refractivity contribution in [3.05, 3.63) is 58.1 Å². The summed E-state index contributed by atoms with van der Waals surface area (Å²) in [6, 6.07) is 8.29. The number of carbonyl (C=O) groups is 2. The molecule has 0 spiro atoms. The summed E-state index contributed by atoms with van der Waals surface area (Å²) in [6.45, 7) is 9.44. The maximum absolute atomic E-state index is 12.6. The van der Waals surface area contributed by atoms with Gasteiger partial charge in [-0.05, 0) is 65.0 Å². The van der Waals surface area contributed by atoms with Gasteiger partial charge >= 0.3 is 0 Å². The molecule has 0 radical (unpaired) electrons. The highest BCUT2D eigenvalue weighted by Gasteiger charge is 2.19. The van der Waals surface area contributed by atoms with Gasteiger partial charge in [0.15, 0.2) is 0 Å². The van der Waals surface area contributed by atoms with Gasteiger partial charge in [-0.1, -0.05) is 11.6 Å². The van der Waals surface area contributed by atoms with E-state index in [0.29, 0.717) is 16.4 Å². The number of aromatic nitrogens is 4. The highest BCUT2D eigenvalue weighted by Crippen LogP contribution is 2.26. The van der Waals surface area contributed by atoms with Crippen molar-refractivity contribution in [3.8, 4) is 0 Å². The van der Waals surface area contributed by atoms with Crippen LogP contribution >= 0.6 is 11.6 Å². The summed E-state index contributed by atoms with van der Waals surface area (Å²) in [4.78, 5) is 24.9. The van der Waals surface area contributed by atoms with Gasteiger partial charge in [-0.2, -0.15) is 10.2 Å². The van der Waals surface area contributed by atoms with Crippen LogP contribution in [0.3, 0.4) is 0 Å². The Kier molecular flexibility index (Phi) is 6.26. The molecular weight excluding hydrogens is 404 g/mol. The zero-order chi connectivity index (χ0) is 22.0. The van der Waals surface area contributed by atoms with Gasteiger partial charge in [-0.3, -0.25) is 19.0 Å². The van der Waals surface area contributed by atoms with Crippen LogP contribution in [0.2, 0.25) is 5.02 Å². The lowest BCUT2D eigenvalue weighted by molar-refractivity contribution is -0.119. The van der Waals surface area contributed by atoms with Gasteiger partial charge in [-0.15, -0.1) is 0 Å². The highest BCUT2D eigenvalue weighted by molar-refractivity contribution is 6.34. The van der Waals surface area contributed by atoms with Crippen molar-refractivity contribution in [2.75, 3.05) is 10.6 Å². The second-order valence-corrected chi connectivity index (χ2v) is 7.77. The predicted molar refractivity (Wildman–Crippen MR) is 117 cm³/mol. The fourth-order valence-electron chi connectivity index (χ4n) is 3.25. The summed E-state index contributed by atoms with van der Waals surface area (Å²) in [6.07, 6.45) is 0. The van der Waals surface area contributed by atoms with Gasteiger partial charge in [0, 0.05) is 17.1 Å². The topological polar surface area (TPSA) is 93.8 Å². The first-order chi connectivity index (χ1) is 14.1. The molecule has 3 rings (SSSR count). The first-order valence-corrected chi connectivity index (χ1v) is 9.96. The number of aryl methyl sites for hydroxylation is 4. The molecule has 0 saturated carbocycles. The van der Waals surface area contributed by atoms with Crippen molar-refractivity contribution in [2.24, 2.45) is 0 Å². The van der Waals surface area contributed by atoms with Crippen LogP contribution in [0.1, 0.15) is 35.7 Å². The van der Waals surface area contributed by atoms with Crippen molar-refractivity contribution in [1.82, 2.24) is 19.6 Å². The number of halogens is 1. The number of carbonyl (C=O) groups excluding carboxylic acids is 2. The van der Waals surface area contributed by atoms with Gasteiger partial charge in [-0.25, -0.2) is 0 Å². The minimum atomic E-state index is -0.491. The molecule has 0 fully saturated rings. The molecule has 2 aromatic heterocycles. The lowest BCUT2D eigenvalue weighted by atomic mass is 10.2. The molecule has 2 amide bonds. The lowest BCUT2D eigenvalue weighted by Crippen LogP contribution is -2.25. The summed E-state index contributed by atoms with van der Waals surface area (Å²) < 4.78 is 3.31. The Hall–Kier alpha value is -3.13. The van der Waals surface area contributed by atoms with Gasteiger partial charge in [0.05, 0.1) is 22.1 Å². The smallest absolute Gasteiger partial charge is 0.248 e. The number of nitrogens with one attached hydrogen (secondary N) is 2. The Bertz CT molecular complexity index is 1100. The zero-order valence-corrected chi connectivity index (χ0v) is 18.4. The van der Waals surface area contributed by atoms with Crippen LogP contribution in [0, 0.1) is 27.7 Å². The maximum Gasteiger partial charge on any atom is 0.248 e. The second-order valence-electron chi connectivity index (χ2n) is 7.36. The monoisotopic (exact) mass is 428 g/mol. The first kappa shape index (κ1) is 21.6. The van der Waals surface area contributed by atoms with Crippen LogP contribution in [-0.2, 0) is 16.1 Å². The van der Waals surface area contributed by atoms with Gasteiger partial charge in [0.2, 0.25) is 11.8 Å². The number of rotatable bonds is 6. The van der Waals surface area contributed by atoms with E-state index in [9.17, 15) is 9.59 Å². The van der Waals surface area contributed by atoms with E-state index in [1.54, 1.807) is 34.5 Å². The zero-order valence-electron chi connectivity index (χ0n) is 17.7. The van der Waals surface area contributed by atoms with E-state index in [2.05, 4.69) is 20.8 Å². The van der Waals surface area contributed by atoms with Crippen molar-refractivity contribution >= 4 is 34.8 Å². The molecule has 3 aromatic rings. The Morgan fingerprint density at radius 1 is 1.00 bits per heavy atom. The largest absolute Gasteiger partial charge is 0.324 e. The third-order valence-electron chi connectivity index (χ3n) is 4.70. The SMILES string of the molecule is Cc1cc(C)n(CC(=O)Nc2ccc(NC(=O)C(C)n3nc(C)cc3C)c(Cl)c2)n1. The van der Waals surface area contributed by atoms with E-state index in [1.165, 1.54) is 0 Å². The fraction of sp³-hybridized carbons (Fsp3) is 0.333. The Balaban J connectivity index is 1.64. The normalized spacial score (nSPS) is 11.9. The molecule has 1 atom stereocenters. The summed E-state index contributed by atoms with van der Waals surface area (Å²) in [5.41, 5.74) is 4.53. The minimum Gasteiger partial charge on any atom is -0.324 e. The number of amides is 2. The molecule has 2 heterocycles. The van der Waals surface area contributed by atoms with Crippen LogP contribution in [0.4, 0.5) is 11.4 Å². The summed E-state index contributed by atoms with van der Waals surface area (Å²) in [5.74, 6) is -0.448. The van der Waals surface area contributed by atoms with Crippen molar-refractivity contribution < 1.29 is 9.59 Å².